The molecule has 7 nitrogen and oxygen atoms in total. The Balaban J connectivity index is 2.17. The standard InChI is InChI=1S/C14H13BrClFN4O3S2/c1-21-11(13(22)19-7-2-3-9(17)8(16)4-7)5-10(20-26(21,23)24)14-18-6-12(15)25-14/h2-4,6,10-11,20H,5H2,1H3,(H,19,22)/i1D3,5D,10D,11D. The van der Waals surface area contributed by atoms with E-state index in [-0.39, 0.29) is 10.7 Å². The Morgan fingerprint density at radius 3 is 3.08 bits per heavy atom. The number of hydrogen-bond acceptors (Lipinski definition) is 5. The van der Waals surface area contributed by atoms with Gasteiger partial charge < -0.3 is 5.32 Å². The van der Waals surface area contributed by atoms with Crippen LogP contribution in [0.4, 0.5) is 10.1 Å². The third-order valence-corrected chi connectivity index (χ3v) is 6.05. The number of rotatable bonds is 3. The summed E-state index contributed by atoms with van der Waals surface area (Å²) in [6.45, 7) is -3.57. The first kappa shape index (κ1) is 13.1. The number of hydrogen-bond donors (Lipinski definition) is 2. The van der Waals surface area contributed by atoms with Crippen LogP contribution in [0.5, 0.6) is 0 Å². The zero-order valence-electron chi connectivity index (χ0n) is 18.5. The molecule has 0 spiro atoms. The Kier molecular flexibility index (Phi) is 3.78. The van der Waals surface area contributed by atoms with Crippen molar-refractivity contribution in [2.24, 2.45) is 0 Å². The Morgan fingerprint density at radius 1 is 1.69 bits per heavy atom. The number of carbonyl (C=O) groups excluding carboxylic acids is 1. The van der Waals surface area contributed by atoms with Crippen LogP contribution in [0.25, 0.3) is 0 Å². The molecule has 12 heteroatoms. The van der Waals surface area contributed by atoms with Crippen LogP contribution in [0.3, 0.4) is 0 Å². The number of nitrogens with zero attached hydrogens (tertiary/aromatic N) is 2. The van der Waals surface area contributed by atoms with Gasteiger partial charge in [0.05, 0.1) is 23.8 Å². The molecular formula is C14H13BrClFN4O3S2. The van der Waals surface area contributed by atoms with Crippen molar-refractivity contribution in [2.45, 2.75) is 18.4 Å². The van der Waals surface area contributed by atoms with E-state index in [2.05, 4.69) is 26.2 Å². The molecular weight excluding hydrogens is 471 g/mol. The lowest BCUT2D eigenvalue weighted by Gasteiger charge is -2.35. The van der Waals surface area contributed by atoms with Crippen molar-refractivity contribution >= 4 is 60.7 Å². The third-order valence-electron chi connectivity index (χ3n) is 3.10. The highest BCUT2D eigenvalue weighted by atomic mass is 79.9. The van der Waals surface area contributed by atoms with Gasteiger partial charge in [0.15, 0.2) is 0 Å². The van der Waals surface area contributed by atoms with E-state index in [0.717, 1.165) is 29.5 Å². The second kappa shape index (κ2) is 7.49. The molecule has 0 saturated carbocycles. The summed E-state index contributed by atoms with van der Waals surface area (Å²) >= 11 is 9.52. The van der Waals surface area contributed by atoms with E-state index in [1.54, 1.807) is 4.72 Å². The van der Waals surface area contributed by atoms with Gasteiger partial charge >= 0.3 is 0 Å². The van der Waals surface area contributed by atoms with Crippen molar-refractivity contribution in [1.29, 1.82) is 0 Å². The number of nitrogens with one attached hydrogen (secondary N) is 2. The van der Waals surface area contributed by atoms with Crippen molar-refractivity contribution in [2.75, 3.05) is 12.3 Å². The van der Waals surface area contributed by atoms with Gasteiger partial charge in [-0.2, -0.15) is 17.4 Å². The molecule has 1 aliphatic heterocycles. The quantitative estimate of drug-likeness (QED) is 0.693. The van der Waals surface area contributed by atoms with Crippen molar-refractivity contribution in [3.63, 3.8) is 0 Å². The zero-order chi connectivity index (χ0) is 24.3. The maximum absolute atomic E-state index is 13.4. The lowest BCUT2D eigenvalue weighted by Crippen LogP contribution is -2.55. The summed E-state index contributed by atoms with van der Waals surface area (Å²) in [6.07, 6.45) is -1.12. The zero-order valence-corrected chi connectivity index (χ0v) is 16.4. The Labute approximate surface area is 175 Å². The summed E-state index contributed by atoms with van der Waals surface area (Å²) in [5.41, 5.74) is -0.186. The maximum Gasteiger partial charge on any atom is 0.280 e. The first-order chi connectivity index (χ1) is 14.5. The fourth-order valence-corrected chi connectivity index (χ4v) is 4.29. The summed E-state index contributed by atoms with van der Waals surface area (Å²) in [6, 6.07) is -3.16. The third kappa shape index (κ3) is 4.07. The molecule has 3 atom stereocenters. The smallest absolute Gasteiger partial charge is 0.280 e. The van der Waals surface area contributed by atoms with Gasteiger partial charge in [-0.05, 0) is 40.5 Å². The van der Waals surface area contributed by atoms with Gasteiger partial charge in [-0.3, -0.25) is 4.79 Å². The van der Waals surface area contributed by atoms with Crippen LogP contribution in [-0.2, 0) is 15.0 Å². The number of thiazole rings is 1. The average Bonchev–Trinajstić information content (AvgIpc) is 3.08. The normalized spacial score (nSPS) is 35.3. The summed E-state index contributed by atoms with van der Waals surface area (Å²) in [5, 5.41) is 1.39. The second-order valence-electron chi connectivity index (χ2n) is 4.87. The largest absolute Gasteiger partial charge is 0.325 e. The van der Waals surface area contributed by atoms with Crippen LogP contribution >= 0.6 is 38.9 Å². The fourth-order valence-electron chi connectivity index (χ4n) is 1.95. The molecule has 3 rings (SSSR count). The van der Waals surface area contributed by atoms with Crippen LogP contribution in [-0.4, -0.2) is 36.6 Å². The van der Waals surface area contributed by atoms with E-state index in [0.29, 0.717) is 3.79 Å². The molecule has 1 fully saturated rings. The second-order valence-corrected chi connectivity index (χ2v) is 9.20. The van der Waals surface area contributed by atoms with Gasteiger partial charge in [0.2, 0.25) is 5.91 Å². The molecule has 2 aromatic rings. The minimum absolute atomic E-state index is 0.186. The van der Waals surface area contributed by atoms with Gasteiger partial charge in [0, 0.05) is 18.1 Å². The molecule has 1 aromatic heterocycles. The molecule has 1 amide bonds. The van der Waals surface area contributed by atoms with E-state index in [1.807, 2.05) is 0 Å². The van der Waals surface area contributed by atoms with E-state index >= 15 is 0 Å². The molecule has 2 N–H and O–H groups in total. The van der Waals surface area contributed by atoms with E-state index in [9.17, 15) is 17.6 Å². The Bertz CT molecular complexity index is 1190. The van der Waals surface area contributed by atoms with Crippen molar-refractivity contribution < 1.29 is 25.8 Å². The molecule has 1 aromatic carbocycles. The molecule has 1 aliphatic rings. The minimum atomic E-state index is -5.19. The van der Waals surface area contributed by atoms with Crippen LogP contribution in [0.1, 0.15) is 25.6 Å². The molecule has 0 radical (unpaired) electrons. The van der Waals surface area contributed by atoms with E-state index < -0.39 is 56.7 Å². The number of likely N-dealkylation sites (N-methyl/N-ethyl adjacent to an activating group) is 1. The number of aromatic nitrogens is 1. The molecule has 0 bridgehead atoms. The Morgan fingerprint density at radius 2 is 2.46 bits per heavy atom. The molecule has 2 heterocycles. The van der Waals surface area contributed by atoms with Crippen molar-refractivity contribution in [1.82, 2.24) is 14.0 Å². The summed E-state index contributed by atoms with van der Waals surface area (Å²) in [7, 11) is -5.19. The van der Waals surface area contributed by atoms with Crippen LogP contribution in [0, 0.1) is 5.82 Å². The van der Waals surface area contributed by atoms with Gasteiger partial charge in [-0.1, -0.05) is 11.6 Å². The first-order valence-electron chi connectivity index (χ1n) is 9.76. The van der Waals surface area contributed by atoms with Gasteiger partial charge in [-0.25, -0.2) is 9.37 Å². The molecule has 3 unspecified atom stereocenters. The van der Waals surface area contributed by atoms with Crippen LogP contribution < -0.4 is 10.0 Å². The van der Waals surface area contributed by atoms with Gasteiger partial charge in [0.25, 0.3) is 10.2 Å². The lowest BCUT2D eigenvalue weighted by atomic mass is 10.1. The van der Waals surface area contributed by atoms with Crippen molar-refractivity contribution in [3.05, 3.63) is 44.0 Å². The number of benzene rings is 1. The predicted molar refractivity (Wildman–Crippen MR) is 101 cm³/mol. The number of carbonyl (C=O) groups is 1. The highest BCUT2D eigenvalue weighted by molar-refractivity contribution is 9.11. The number of halogens is 3. The average molecular weight is 490 g/mol. The molecule has 26 heavy (non-hydrogen) atoms. The van der Waals surface area contributed by atoms with E-state index in [4.69, 9.17) is 19.8 Å². The monoisotopic (exact) mass is 488 g/mol. The summed E-state index contributed by atoms with van der Waals surface area (Å²) in [5.74, 6) is -2.38. The minimum Gasteiger partial charge on any atom is -0.325 e. The molecule has 1 saturated heterocycles. The fraction of sp³-hybridized carbons (Fsp3) is 0.286. The first-order valence-corrected chi connectivity index (χ1v) is 10.1. The predicted octanol–water partition coefficient (Wildman–Crippen LogP) is 2.92. The number of anilines is 1. The Hall–Kier alpha value is -1.11. The highest BCUT2D eigenvalue weighted by Crippen LogP contribution is 2.32. The van der Waals surface area contributed by atoms with Crippen LogP contribution in [0.2, 0.25) is 5.02 Å². The highest BCUT2D eigenvalue weighted by Gasteiger charge is 2.41. The van der Waals surface area contributed by atoms with Crippen LogP contribution in [0.15, 0.2) is 28.2 Å². The summed E-state index contributed by atoms with van der Waals surface area (Å²) in [4.78, 5) is 17.0. The van der Waals surface area contributed by atoms with Gasteiger partial charge in [-0.15, -0.1) is 11.3 Å². The van der Waals surface area contributed by atoms with Gasteiger partial charge in [0.1, 0.15) is 16.8 Å². The lowest BCUT2D eigenvalue weighted by molar-refractivity contribution is -0.120. The SMILES string of the molecule is [2H]C1C([2H])(c2ncc(Br)s2)NS(=O)(=O)N(C([2H])([2H])[2H])C1([2H])C(=O)Nc1ccc(F)c(Cl)c1. The van der Waals surface area contributed by atoms with Crippen molar-refractivity contribution in [3.8, 4) is 0 Å². The summed E-state index contributed by atoms with van der Waals surface area (Å²) < 4.78 is 89.4. The topological polar surface area (TPSA) is 91.4 Å². The molecule has 140 valence electrons. The van der Waals surface area contributed by atoms with E-state index in [1.165, 1.54) is 6.20 Å². The molecule has 0 aliphatic carbocycles. The number of amides is 1. The maximum atomic E-state index is 13.4.